The van der Waals surface area contributed by atoms with Crippen LogP contribution in [-0.4, -0.2) is 49.3 Å². The number of hydrogen-bond acceptors (Lipinski definition) is 0. The van der Waals surface area contributed by atoms with Crippen molar-refractivity contribution in [2.75, 3.05) is 0 Å². The van der Waals surface area contributed by atoms with E-state index in [2.05, 4.69) is 0 Å². The van der Waals surface area contributed by atoms with E-state index in [9.17, 15) is 0 Å². The van der Waals surface area contributed by atoms with E-state index < -0.39 is 0 Å². The van der Waals surface area contributed by atoms with Crippen LogP contribution >= 0.6 is 13.5 Å². The average molecular weight is 220 g/mol. The molecule has 0 amide bonds. The summed E-state index contributed by atoms with van der Waals surface area (Å²) in [6.07, 6.45) is 0. The van der Waals surface area contributed by atoms with Crippen molar-refractivity contribution in [3.8, 4) is 0 Å². The standard InChI is InChI=1S/Na.9H2O.H2S/h;10*1H2/q+1;;;;;;;;;;/p+1. The zero-order chi connectivity index (χ0) is 0. The molecule has 0 aromatic rings. The van der Waals surface area contributed by atoms with E-state index in [1.54, 1.807) is 0 Å². The molecule has 0 bridgehead atoms. The molecule has 0 radical (unpaired) electrons. The van der Waals surface area contributed by atoms with Crippen LogP contribution in [0.25, 0.3) is 0 Å². The van der Waals surface area contributed by atoms with E-state index in [1.807, 2.05) is 0 Å². The molecule has 0 saturated heterocycles. The molecule has 0 aromatic carbocycles. The largest absolute Gasteiger partial charge is 1.00 e. The molecule has 0 atom stereocenters. The predicted molar refractivity (Wildman–Crippen MR) is 44.0 cm³/mol. The minimum atomic E-state index is 0. The fourth-order valence-corrected chi connectivity index (χ4v) is 0. The van der Waals surface area contributed by atoms with Gasteiger partial charge in [-0.3, -0.25) is 0 Å². The zero-order valence-corrected chi connectivity index (χ0v) is 9.00. The van der Waals surface area contributed by atoms with Gasteiger partial charge in [-0.15, -0.1) is 0 Å². The Morgan fingerprint density at radius 2 is 0.364 bits per heavy atom. The molecule has 0 aromatic heterocycles. The van der Waals surface area contributed by atoms with Gasteiger partial charge in [-0.05, 0) is 0 Å². The molecule has 0 aliphatic carbocycles. The van der Waals surface area contributed by atoms with Crippen LogP contribution in [0.5, 0.6) is 0 Å². The quantitative estimate of drug-likeness (QED) is 0.343. The maximum Gasteiger partial charge on any atom is 1.00 e. The zero-order valence-electron chi connectivity index (χ0n) is 7.00. The van der Waals surface area contributed by atoms with Crippen molar-refractivity contribution >= 4 is 13.5 Å². The Labute approximate surface area is 93.8 Å². The van der Waals surface area contributed by atoms with E-state index in [-0.39, 0.29) is 93.8 Å². The van der Waals surface area contributed by atoms with Gasteiger partial charge in [0.25, 0.3) is 0 Å². The van der Waals surface area contributed by atoms with Gasteiger partial charge in [0, 0.05) is 0 Å². The molecule has 11 heavy (non-hydrogen) atoms. The first-order valence-electron chi connectivity index (χ1n) is 0. The Bertz CT molecular complexity index is 14.5. The fraction of sp³-hybridized carbons (Fsp3) is 0. The third kappa shape index (κ3) is 906. The monoisotopic (exact) mass is 220 g/mol. The summed E-state index contributed by atoms with van der Waals surface area (Å²) < 4.78 is 0. The van der Waals surface area contributed by atoms with E-state index in [0.717, 1.165) is 0 Å². The van der Waals surface area contributed by atoms with Crippen molar-refractivity contribution in [1.82, 2.24) is 0 Å². The van der Waals surface area contributed by atoms with E-state index in [0.29, 0.717) is 0 Å². The fourth-order valence-electron chi connectivity index (χ4n) is 0. The molecule has 0 spiro atoms. The van der Waals surface area contributed by atoms with E-state index in [1.165, 1.54) is 0 Å². The van der Waals surface area contributed by atoms with Crippen molar-refractivity contribution in [2.24, 2.45) is 0 Å². The molecule has 0 fully saturated rings. The number of rotatable bonds is 0. The van der Waals surface area contributed by atoms with Crippen LogP contribution in [0.1, 0.15) is 1.43 Å². The summed E-state index contributed by atoms with van der Waals surface area (Å²) in [5, 5.41) is 0. The molecular weight excluding hydrogens is 199 g/mol. The summed E-state index contributed by atoms with van der Waals surface area (Å²) in [4.78, 5) is 0. The van der Waals surface area contributed by atoms with Crippen molar-refractivity contribution in [2.45, 2.75) is 0 Å². The molecule has 0 rings (SSSR count). The predicted octanol–water partition coefficient (Wildman–Crippen LogP) is -10.2. The van der Waals surface area contributed by atoms with Crippen LogP contribution in [-0.2, 0) is 0 Å². The van der Waals surface area contributed by atoms with Gasteiger partial charge in [0.05, 0.1) is 0 Å². The average Bonchev–Trinajstić information content (AvgIpc) is 0. The third-order valence-electron chi connectivity index (χ3n) is 0. The van der Waals surface area contributed by atoms with Gasteiger partial charge >= 0.3 is 31.0 Å². The van der Waals surface area contributed by atoms with Crippen LogP contribution in [0.2, 0.25) is 0 Å². The van der Waals surface area contributed by atoms with Gasteiger partial charge in [0.15, 0.2) is 0 Å². The third-order valence-corrected chi connectivity index (χ3v) is 0. The summed E-state index contributed by atoms with van der Waals surface area (Å²) >= 11 is 0. The van der Waals surface area contributed by atoms with Crippen molar-refractivity contribution in [3.05, 3.63) is 0 Å². The summed E-state index contributed by atoms with van der Waals surface area (Å²) in [6.45, 7) is 0. The molecule has 0 heterocycles. The Hall–Kier alpha value is 0.990. The molecule has 0 aliphatic heterocycles. The Kier molecular flexibility index (Phi) is 150000. The van der Waals surface area contributed by atoms with Gasteiger partial charge in [0.1, 0.15) is 0 Å². The maximum atomic E-state index is 0. The first kappa shape index (κ1) is 1480. The minimum absolute atomic E-state index is 0. The Morgan fingerprint density at radius 1 is 0.364 bits per heavy atom. The van der Waals surface area contributed by atoms with Crippen LogP contribution in [0.4, 0.5) is 0 Å². The first-order chi connectivity index (χ1) is 0. The maximum absolute atomic E-state index is 0. The van der Waals surface area contributed by atoms with Crippen molar-refractivity contribution < 1.29 is 80.3 Å². The molecule has 9 nitrogen and oxygen atoms in total. The SMILES string of the molecule is O.O.O.O.O.O.O.O.O.S.[H+].[Na+]. The summed E-state index contributed by atoms with van der Waals surface area (Å²) in [6, 6.07) is 0. The molecule has 80 valence electrons. The minimum Gasteiger partial charge on any atom is -0.412 e. The Morgan fingerprint density at radius 3 is 0.364 bits per heavy atom. The van der Waals surface area contributed by atoms with Crippen molar-refractivity contribution in [1.29, 1.82) is 0 Å². The molecule has 11 heteroatoms. The number of hydrogen-bond donors (Lipinski definition) is 0. The second kappa shape index (κ2) is 1120. The summed E-state index contributed by atoms with van der Waals surface area (Å²) in [5.41, 5.74) is 0. The summed E-state index contributed by atoms with van der Waals surface area (Å²) in [5.74, 6) is 0. The topological polar surface area (TPSA) is 284 Å². The second-order valence-electron chi connectivity index (χ2n) is 0. The van der Waals surface area contributed by atoms with Gasteiger partial charge in [-0.2, -0.15) is 13.5 Å². The molecule has 0 unspecified atom stereocenters. The van der Waals surface area contributed by atoms with Gasteiger partial charge < -0.3 is 49.3 Å². The van der Waals surface area contributed by atoms with Gasteiger partial charge in [-0.25, -0.2) is 0 Å². The second-order valence-corrected chi connectivity index (χ2v) is 0. The summed E-state index contributed by atoms with van der Waals surface area (Å²) in [7, 11) is 0. The molecular formula is H21NaO9S+2. The Balaban J connectivity index is 0. The molecule has 0 saturated carbocycles. The van der Waals surface area contributed by atoms with Crippen LogP contribution in [0.3, 0.4) is 0 Å². The van der Waals surface area contributed by atoms with Crippen LogP contribution in [0, 0.1) is 0 Å². The van der Waals surface area contributed by atoms with E-state index in [4.69, 9.17) is 0 Å². The van der Waals surface area contributed by atoms with Crippen molar-refractivity contribution in [3.63, 3.8) is 0 Å². The first-order valence-corrected chi connectivity index (χ1v) is 0. The normalized spacial score (nSPS) is 0. The van der Waals surface area contributed by atoms with Crippen LogP contribution < -0.4 is 29.6 Å². The smallest absolute Gasteiger partial charge is 0.412 e. The van der Waals surface area contributed by atoms with Gasteiger partial charge in [-0.1, -0.05) is 0 Å². The molecule has 0 aliphatic rings. The van der Waals surface area contributed by atoms with E-state index >= 15 is 0 Å². The molecule has 18 N–H and O–H groups in total. The van der Waals surface area contributed by atoms with Gasteiger partial charge in [0.2, 0.25) is 0 Å². The van der Waals surface area contributed by atoms with Crippen LogP contribution in [0.15, 0.2) is 0 Å².